The number of ether oxygens (including phenoxy) is 1. The molecular weight excluding hydrogens is 234 g/mol. The lowest BCUT2D eigenvalue weighted by atomic mass is 9.54. The molecule has 98 valence electrons. The van der Waals surface area contributed by atoms with Crippen LogP contribution in [0.4, 0.5) is 0 Å². The molecule has 1 aromatic rings. The first-order chi connectivity index (χ1) is 9.30. The zero-order valence-corrected chi connectivity index (χ0v) is 11.3. The van der Waals surface area contributed by atoms with E-state index in [1.807, 2.05) is 0 Å². The van der Waals surface area contributed by atoms with Crippen LogP contribution in [0.3, 0.4) is 0 Å². The summed E-state index contributed by atoms with van der Waals surface area (Å²) in [5.74, 6) is 1.83. The fraction of sp³-hybridized carbons (Fsp3) is 0.529. The molecule has 2 heteroatoms. The minimum absolute atomic E-state index is 0.288. The van der Waals surface area contributed by atoms with Gasteiger partial charge in [-0.05, 0) is 38.1 Å². The molecule has 1 aromatic carbocycles. The summed E-state index contributed by atoms with van der Waals surface area (Å²) >= 11 is 0. The highest BCUT2D eigenvalue weighted by Crippen LogP contribution is 2.60. The maximum Gasteiger partial charge on any atom is 0.123 e. The van der Waals surface area contributed by atoms with E-state index in [9.17, 15) is 0 Å². The van der Waals surface area contributed by atoms with Crippen LogP contribution in [0.1, 0.15) is 24.0 Å². The average Bonchev–Trinajstić information content (AvgIpc) is 2.76. The van der Waals surface area contributed by atoms with Crippen LogP contribution >= 0.6 is 0 Å². The first-order valence-corrected chi connectivity index (χ1v) is 7.46. The summed E-state index contributed by atoms with van der Waals surface area (Å²) in [5, 5.41) is 0. The molecule has 2 bridgehead atoms. The monoisotopic (exact) mass is 253 g/mol. The second kappa shape index (κ2) is 3.24. The van der Waals surface area contributed by atoms with Gasteiger partial charge in [0, 0.05) is 29.4 Å². The Hall–Kier alpha value is -1.28. The van der Waals surface area contributed by atoms with E-state index in [2.05, 4.69) is 42.3 Å². The summed E-state index contributed by atoms with van der Waals surface area (Å²) in [6.45, 7) is 1.21. The molecule has 2 heterocycles. The number of piperidine rings is 1. The van der Waals surface area contributed by atoms with Crippen molar-refractivity contribution in [1.29, 1.82) is 0 Å². The summed E-state index contributed by atoms with van der Waals surface area (Å²) in [6.07, 6.45) is 8.76. The maximum absolute atomic E-state index is 6.34. The highest BCUT2D eigenvalue weighted by Gasteiger charge is 2.61. The van der Waals surface area contributed by atoms with Crippen molar-refractivity contribution in [2.24, 2.45) is 5.92 Å². The molecule has 5 rings (SSSR count). The summed E-state index contributed by atoms with van der Waals surface area (Å²) in [6, 6.07) is 7.34. The van der Waals surface area contributed by atoms with Crippen LogP contribution in [0, 0.1) is 5.92 Å². The van der Waals surface area contributed by atoms with Crippen molar-refractivity contribution in [2.45, 2.75) is 36.8 Å². The van der Waals surface area contributed by atoms with Crippen molar-refractivity contribution < 1.29 is 4.74 Å². The molecule has 0 amide bonds. The van der Waals surface area contributed by atoms with Crippen molar-refractivity contribution in [3.05, 3.63) is 41.5 Å². The number of benzene rings is 1. The van der Waals surface area contributed by atoms with Crippen LogP contribution in [0.2, 0.25) is 0 Å². The Labute approximate surface area is 114 Å². The lowest BCUT2D eigenvalue weighted by molar-refractivity contribution is 0.00221. The predicted molar refractivity (Wildman–Crippen MR) is 74.5 cm³/mol. The number of nitrogens with zero attached hydrogens (tertiary/aromatic N) is 1. The largest absolute Gasteiger partial charge is 0.489 e. The molecule has 1 spiro atoms. The molecule has 0 radical (unpaired) electrons. The fourth-order valence-electron chi connectivity index (χ4n) is 5.19. The van der Waals surface area contributed by atoms with Gasteiger partial charge in [-0.3, -0.25) is 0 Å². The van der Waals surface area contributed by atoms with Crippen LogP contribution < -0.4 is 4.74 Å². The highest BCUT2D eigenvalue weighted by molar-refractivity contribution is 5.55. The van der Waals surface area contributed by atoms with Crippen LogP contribution in [0.5, 0.6) is 5.75 Å². The summed E-state index contributed by atoms with van der Waals surface area (Å²) in [4.78, 5) is 2.57. The van der Waals surface area contributed by atoms with Crippen molar-refractivity contribution in [3.63, 3.8) is 0 Å². The number of hydrogen-bond donors (Lipinski definition) is 0. The Morgan fingerprint density at radius 2 is 2.32 bits per heavy atom. The van der Waals surface area contributed by atoms with Gasteiger partial charge in [0.15, 0.2) is 0 Å². The molecule has 4 atom stereocenters. The molecule has 2 aliphatic heterocycles. The molecule has 1 fully saturated rings. The van der Waals surface area contributed by atoms with Gasteiger partial charge in [-0.25, -0.2) is 0 Å². The number of likely N-dealkylation sites (tertiary alicyclic amines) is 1. The zero-order valence-electron chi connectivity index (χ0n) is 11.3. The maximum atomic E-state index is 6.34. The Morgan fingerprint density at radius 3 is 3.26 bits per heavy atom. The smallest absolute Gasteiger partial charge is 0.123 e. The van der Waals surface area contributed by atoms with Gasteiger partial charge in [-0.15, -0.1) is 0 Å². The van der Waals surface area contributed by atoms with E-state index in [-0.39, 0.29) is 5.41 Å². The standard InChI is InChI=1S/C17H19NO/c1-18-9-8-17-12-5-3-7-15(17)19-14-6-2-4-11(16(14)17)10-13(12)18/h2-6,12-13,15H,7-10H2,1H3/t12?,13?,15-,17+/m0/s1. The third kappa shape index (κ3) is 1.05. The number of rotatable bonds is 0. The second-order valence-electron chi connectivity index (χ2n) is 6.63. The third-order valence-corrected chi connectivity index (χ3v) is 6.00. The van der Waals surface area contributed by atoms with E-state index in [1.54, 1.807) is 11.1 Å². The summed E-state index contributed by atoms with van der Waals surface area (Å²) in [5.41, 5.74) is 3.40. The molecule has 1 saturated heterocycles. The molecule has 0 N–H and O–H groups in total. The Morgan fingerprint density at radius 1 is 1.37 bits per heavy atom. The van der Waals surface area contributed by atoms with Gasteiger partial charge in [-0.2, -0.15) is 0 Å². The Balaban J connectivity index is 1.84. The molecule has 0 saturated carbocycles. The molecule has 2 unspecified atom stereocenters. The highest BCUT2D eigenvalue weighted by atomic mass is 16.5. The predicted octanol–water partition coefficient (Wildman–Crippen LogP) is 2.52. The van der Waals surface area contributed by atoms with Gasteiger partial charge in [0.25, 0.3) is 0 Å². The number of hydrogen-bond acceptors (Lipinski definition) is 2. The minimum atomic E-state index is 0.288. The van der Waals surface area contributed by atoms with Gasteiger partial charge in [0.2, 0.25) is 0 Å². The topological polar surface area (TPSA) is 12.5 Å². The lowest BCUT2D eigenvalue weighted by Gasteiger charge is -2.55. The third-order valence-electron chi connectivity index (χ3n) is 6.00. The number of likely N-dealkylation sites (N-methyl/N-ethyl adjacent to an activating group) is 1. The van der Waals surface area contributed by atoms with Crippen molar-refractivity contribution in [3.8, 4) is 5.75 Å². The Bertz CT molecular complexity index is 593. The van der Waals surface area contributed by atoms with Crippen LogP contribution in [-0.2, 0) is 11.8 Å². The zero-order chi connectivity index (χ0) is 12.6. The van der Waals surface area contributed by atoms with Gasteiger partial charge in [0.05, 0.1) is 0 Å². The van der Waals surface area contributed by atoms with E-state index in [1.165, 1.54) is 25.1 Å². The van der Waals surface area contributed by atoms with Crippen LogP contribution in [0.15, 0.2) is 30.4 Å². The van der Waals surface area contributed by atoms with Crippen LogP contribution in [-0.4, -0.2) is 30.6 Å². The molecular formula is C17H19NO. The first-order valence-electron chi connectivity index (χ1n) is 7.46. The van der Waals surface area contributed by atoms with Gasteiger partial charge >= 0.3 is 0 Å². The first kappa shape index (κ1) is 10.5. The van der Waals surface area contributed by atoms with Gasteiger partial charge in [0.1, 0.15) is 11.9 Å². The van der Waals surface area contributed by atoms with Crippen molar-refractivity contribution in [1.82, 2.24) is 4.90 Å². The van der Waals surface area contributed by atoms with Gasteiger partial charge < -0.3 is 9.64 Å². The molecule has 0 aromatic heterocycles. The molecule has 2 aliphatic carbocycles. The Kier molecular flexibility index (Phi) is 1.79. The van der Waals surface area contributed by atoms with E-state index in [0.29, 0.717) is 18.1 Å². The fourth-order valence-corrected chi connectivity index (χ4v) is 5.19. The van der Waals surface area contributed by atoms with Crippen LogP contribution in [0.25, 0.3) is 0 Å². The lowest BCUT2D eigenvalue weighted by Crippen LogP contribution is -2.62. The molecule has 19 heavy (non-hydrogen) atoms. The van der Waals surface area contributed by atoms with Crippen molar-refractivity contribution in [2.75, 3.05) is 13.6 Å². The normalized spacial score (nSPS) is 41.8. The van der Waals surface area contributed by atoms with E-state index < -0.39 is 0 Å². The average molecular weight is 253 g/mol. The molecule has 4 aliphatic rings. The second-order valence-corrected chi connectivity index (χ2v) is 6.63. The van der Waals surface area contributed by atoms with Crippen molar-refractivity contribution >= 4 is 0 Å². The van der Waals surface area contributed by atoms with E-state index >= 15 is 0 Å². The van der Waals surface area contributed by atoms with Gasteiger partial charge in [-0.1, -0.05) is 24.3 Å². The summed E-state index contributed by atoms with van der Waals surface area (Å²) in [7, 11) is 2.29. The quantitative estimate of drug-likeness (QED) is 0.659. The van der Waals surface area contributed by atoms with E-state index in [4.69, 9.17) is 4.74 Å². The summed E-state index contributed by atoms with van der Waals surface area (Å²) < 4.78 is 6.34. The minimum Gasteiger partial charge on any atom is -0.489 e. The van der Waals surface area contributed by atoms with E-state index in [0.717, 1.165) is 6.42 Å². The molecule has 2 nitrogen and oxygen atoms in total. The SMILES string of the molecule is CN1CC[C@]23c4c5cccc4O[C@H]2CC=CC3C1C5.